The second-order valence-corrected chi connectivity index (χ2v) is 3.28. The van der Waals surface area contributed by atoms with E-state index < -0.39 is 0 Å². The predicted molar refractivity (Wildman–Crippen MR) is 52.7 cm³/mol. The van der Waals surface area contributed by atoms with E-state index in [0.29, 0.717) is 5.69 Å². The van der Waals surface area contributed by atoms with E-state index in [1.807, 2.05) is 12.1 Å². The van der Waals surface area contributed by atoms with Gasteiger partial charge in [0.25, 0.3) is 0 Å². The number of ether oxygens (including phenoxy) is 1. The average Bonchev–Trinajstić information content (AvgIpc) is 2.30. The quantitative estimate of drug-likeness (QED) is 0.705. The smallest absolute Gasteiger partial charge is 0.0949 e. The van der Waals surface area contributed by atoms with Gasteiger partial charge in [-0.05, 0) is 17.7 Å². The van der Waals surface area contributed by atoms with Crippen molar-refractivity contribution < 1.29 is 9.22 Å². The standard InChI is InChI=1S/C10H13FN2O/c11-13-9-3-1-8(2-4-9)10-7-12-5-6-14-10/h1-4,10,12-13H,5-7H2. The second-order valence-electron chi connectivity index (χ2n) is 3.28. The minimum absolute atomic E-state index is 0.0948. The van der Waals surface area contributed by atoms with E-state index in [0.717, 1.165) is 25.3 Å². The van der Waals surface area contributed by atoms with Crippen LogP contribution in [-0.2, 0) is 4.74 Å². The molecule has 0 aromatic heterocycles. The topological polar surface area (TPSA) is 33.3 Å². The maximum Gasteiger partial charge on any atom is 0.0949 e. The first-order valence-electron chi connectivity index (χ1n) is 4.69. The molecule has 1 saturated heterocycles. The van der Waals surface area contributed by atoms with E-state index in [1.54, 1.807) is 17.7 Å². The number of hydrogen-bond donors (Lipinski definition) is 2. The number of rotatable bonds is 2. The Morgan fingerprint density at radius 1 is 1.36 bits per heavy atom. The summed E-state index contributed by atoms with van der Waals surface area (Å²) in [6.07, 6.45) is 0.0948. The monoisotopic (exact) mass is 196 g/mol. The summed E-state index contributed by atoms with van der Waals surface area (Å²) in [6, 6.07) is 7.15. The summed E-state index contributed by atoms with van der Waals surface area (Å²) >= 11 is 0. The van der Waals surface area contributed by atoms with E-state index in [4.69, 9.17) is 4.74 Å². The highest BCUT2D eigenvalue weighted by Crippen LogP contribution is 2.20. The zero-order valence-electron chi connectivity index (χ0n) is 7.79. The summed E-state index contributed by atoms with van der Waals surface area (Å²) in [6.45, 7) is 2.46. The lowest BCUT2D eigenvalue weighted by Crippen LogP contribution is -2.33. The van der Waals surface area contributed by atoms with Crippen molar-refractivity contribution >= 4 is 5.69 Å². The molecule has 1 atom stereocenters. The van der Waals surface area contributed by atoms with Gasteiger partial charge in [0, 0.05) is 13.1 Å². The Morgan fingerprint density at radius 3 is 2.71 bits per heavy atom. The van der Waals surface area contributed by atoms with Crippen LogP contribution in [0.3, 0.4) is 0 Å². The maximum atomic E-state index is 12.0. The van der Waals surface area contributed by atoms with Crippen LogP contribution in [0.2, 0.25) is 0 Å². The molecule has 76 valence electrons. The molecule has 3 nitrogen and oxygen atoms in total. The first kappa shape index (κ1) is 9.43. The van der Waals surface area contributed by atoms with Gasteiger partial charge in [-0.1, -0.05) is 12.1 Å². The number of morpholine rings is 1. The second kappa shape index (κ2) is 4.39. The lowest BCUT2D eigenvalue weighted by atomic mass is 10.1. The van der Waals surface area contributed by atoms with Gasteiger partial charge >= 0.3 is 0 Å². The van der Waals surface area contributed by atoms with Gasteiger partial charge in [-0.2, -0.15) is 0 Å². The van der Waals surface area contributed by atoms with Crippen LogP contribution >= 0.6 is 0 Å². The fraction of sp³-hybridized carbons (Fsp3) is 0.400. The first-order chi connectivity index (χ1) is 6.90. The van der Waals surface area contributed by atoms with E-state index >= 15 is 0 Å². The van der Waals surface area contributed by atoms with Crippen LogP contribution in [-0.4, -0.2) is 19.7 Å². The molecular weight excluding hydrogens is 183 g/mol. The molecule has 1 aliphatic rings. The number of benzene rings is 1. The van der Waals surface area contributed by atoms with E-state index in [2.05, 4.69) is 5.32 Å². The van der Waals surface area contributed by atoms with Crippen molar-refractivity contribution in [2.75, 3.05) is 25.2 Å². The molecule has 0 bridgehead atoms. The molecule has 0 saturated carbocycles. The van der Waals surface area contributed by atoms with Crippen molar-refractivity contribution in [3.05, 3.63) is 29.8 Å². The van der Waals surface area contributed by atoms with Crippen molar-refractivity contribution in [1.29, 1.82) is 0 Å². The van der Waals surface area contributed by atoms with Crippen LogP contribution in [0.25, 0.3) is 0 Å². The zero-order valence-corrected chi connectivity index (χ0v) is 7.79. The van der Waals surface area contributed by atoms with Crippen molar-refractivity contribution in [3.8, 4) is 0 Å². The Bertz CT molecular complexity index is 283. The summed E-state index contributed by atoms with van der Waals surface area (Å²) in [5, 5.41) is 3.25. The van der Waals surface area contributed by atoms with Gasteiger partial charge in [0.1, 0.15) is 0 Å². The summed E-state index contributed by atoms with van der Waals surface area (Å²) in [5.74, 6) is 0. The molecule has 2 N–H and O–H groups in total. The van der Waals surface area contributed by atoms with Crippen molar-refractivity contribution in [1.82, 2.24) is 5.32 Å². The Hall–Kier alpha value is -1.13. The van der Waals surface area contributed by atoms with Gasteiger partial charge in [0.2, 0.25) is 0 Å². The highest BCUT2D eigenvalue weighted by Gasteiger charge is 2.14. The molecule has 1 heterocycles. The summed E-state index contributed by atoms with van der Waals surface area (Å²) in [7, 11) is 0. The Morgan fingerprint density at radius 2 is 2.14 bits per heavy atom. The molecule has 1 fully saturated rings. The number of nitrogens with one attached hydrogen (secondary N) is 2. The third kappa shape index (κ3) is 2.02. The third-order valence-corrected chi connectivity index (χ3v) is 2.32. The minimum atomic E-state index is 0.0948. The van der Waals surface area contributed by atoms with Gasteiger partial charge < -0.3 is 10.1 Å². The molecule has 1 aliphatic heterocycles. The fourth-order valence-corrected chi connectivity index (χ4v) is 1.54. The molecule has 4 heteroatoms. The predicted octanol–water partition coefficient (Wildman–Crippen LogP) is 1.64. The van der Waals surface area contributed by atoms with Gasteiger partial charge in [-0.3, -0.25) is 0 Å². The van der Waals surface area contributed by atoms with Crippen LogP contribution in [0.15, 0.2) is 24.3 Å². The number of hydrogen-bond acceptors (Lipinski definition) is 3. The molecular formula is C10H13FN2O. The van der Waals surface area contributed by atoms with Gasteiger partial charge in [0.15, 0.2) is 0 Å². The maximum absolute atomic E-state index is 12.0. The Labute approximate surface area is 82.2 Å². The number of halogens is 1. The van der Waals surface area contributed by atoms with Crippen LogP contribution in [0.5, 0.6) is 0 Å². The summed E-state index contributed by atoms with van der Waals surface area (Å²) < 4.78 is 17.6. The van der Waals surface area contributed by atoms with Crippen LogP contribution < -0.4 is 10.9 Å². The summed E-state index contributed by atoms with van der Waals surface area (Å²) in [5.41, 5.74) is 3.15. The van der Waals surface area contributed by atoms with Gasteiger partial charge in [-0.15, -0.1) is 4.48 Å². The van der Waals surface area contributed by atoms with E-state index in [1.165, 1.54) is 0 Å². The SMILES string of the molecule is FNc1ccc(C2CNCCO2)cc1. The molecule has 0 spiro atoms. The lowest BCUT2D eigenvalue weighted by Gasteiger charge is -2.23. The average molecular weight is 196 g/mol. The molecule has 1 aromatic carbocycles. The minimum Gasteiger partial charge on any atom is -0.371 e. The zero-order chi connectivity index (χ0) is 9.80. The van der Waals surface area contributed by atoms with Gasteiger partial charge in [-0.25, -0.2) is 5.54 Å². The molecule has 0 aliphatic carbocycles. The normalized spacial score (nSPS) is 21.9. The molecule has 0 amide bonds. The number of anilines is 1. The molecule has 1 unspecified atom stereocenters. The molecule has 2 rings (SSSR count). The lowest BCUT2D eigenvalue weighted by molar-refractivity contribution is 0.0277. The molecule has 0 radical (unpaired) electrons. The largest absolute Gasteiger partial charge is 0.371 e. The highest BCUT2D eigenvalue weighted by atomic mass is 19.2. The Balaban J connectivity index is 2.07. The van der Waals surface area contributed by atoms with Crippen molar-refractivity contribution in [2.24, 2.45) is 0 Å². The van der Waals surface area contributed by atoms with Gasteiger partial charge in [0.05, 0.1) is 18.4 Å². The van der Waals surface area contributed by atoms with Crippen LogP contribution in [0.4, 0.5) is 10.2 Å². The van der Waals surface area contributed by atoms with Crippen LogP contribution in [0.1, 0.15) is 11.7 Å². The highest BCUT2D eigenvalue weighted by molar-refractivity contribution is 5.42. The first-order valence-corrected chi connectivity index (χ1v) is 4.69. The van der Waals surface area contributed by atoms with Crippen molar-refractivity contribution in [3.63, 3.8) is 0 Å². The Kier molecular flexibility index (Phi) is 2.96. The molecule has 1 aromatic rings. The van der Waals surface area contributed by atoms with Crippen molar-refractivity contribution in [2.45, 2.75) is 6.10 Å². The summed E-state index contributed by atoms with van der Waals surface area (Å²) in [4.78, 5) is 0. The fourth-order valence-electron chi connectivity index (χ4n) is 1.54. The molecule has 14 heavy (non-hydrogen) atoms. The van der Waals surface area contributed by atoms with E-state index in [9.17, 15) is 4.48 Å². The third-order valence-electron chi connectivity index (χ3n) is 2.32. The van der Waals surface area contributed by atoms with Crippen LogP contribution in [0, 0.1) is 0 Å². The van der Waals surface area contributed by atoms with E-state index in [-0.39, 0.29) is 6.10 Å².